The van der Waals surface area contributed by atoms with E-state index in [-0.39, 0.29) is 31.0 Å². The summed E-state index contributed by atoms with van der Waals surface area (Å²) in [5, 5.41) is 2.40. The monoisotopic (exact) mass is 347 g/mol. The molecule has 0 aromatic rings. The van der Waals surface area contributed by atoms with Gasteiger partial charge in [0.05, 0.1) is 11.9 Å². The fourth-order valence-electron chi connectivity index (χ4n) is 4.52. The first-order chi connectivity index (χ1) is 12.0. The summed E-state index contributed by atoms with van der Waals surface area (Å²) in [5.74, 6) is 1.92. The number of carbonyl (C=O) groups is 2. The maximum absolute atomic E-state index is 11.7. The van der Waals surface area contributed by atoms with E-state index in [4.69, 9.17) is 9.31 Å². The summed E-state index contributed by atoms with van der Waals surface area (Å²) < 4.78 is 12.5. The lowest BCUT2D eigenvalue weighted by atomic mass is 9.73. The quantitative estimate of drug-likeness (QED) is 0.611. The number of piperidine rings is 1. The lowest BCUT2D eigenvalue weighted by Crippen LogP contribution is -2.43. The third-order valence-corrected chi connectivity index (χ3v) is 5.62. The number of nitrogens with one attached hydrogen (secondary N) is 1. The number of unbranched alkanes of at least 4 members (excludes halogenated alkanes) is 1. The van der Waals surface area contributed by atoms with Crippen molar-refractivity contribution in [1.82, 2.24) is 5.32 Å². The van der Waals surface area contributed by atoms with Crippen molar-refractivity contribution >= 4 is 18.9 Å². The van der Waals surface area contributed by atoms with Crippen LogP contribution in [0.25, 0.3) is 0 Å². The molecule has 1 saturated heterocycles. The molecular weight excluding hydrogens is 317 g/mol. The van der Waals surface area contributed by atoms with Crippen LogP contribution in [0.4, 0.5) is 0 Å². The Morgan fingerprint density at radius 1 is 1.16 bits per heavy atom. The molecule has 1 N–H and O–H groups in total. The molecule has 3 unspecified atom stereocenters. The second kappa shape index (κ2) is 7.94. The van der Waals surface area contributed by atoms with Crippen LogP contribution in [0.5, 0.6) is 0 Å². The van der Waals surface area contributed by atoms with Crippen molar-refractivity contribution in [2.24, 2.45) is 17.8 Å². The Morgan fingerprint density at radius 3 is 2.56 bits per heavy atom. The average molecular weight is 347 g/mol. The first-order valence-corrected chi connectivity index (χ1v) is 9.84. The maximum Gasteiger partial charge on any atom is 0.525 e. The van der Waals surface area contributed by atoms with E-state index in [2.05, 4.69) is 26.1 Å². The van der Waals surface area contributed by atoms with E-state index in [1.54, 1.807) is 0 Å². The predicted octanol–water partition coefficient (Wildman–Crippen LogP) is 3.45. The highest BCUT2D eigenvalue weighted by Crippen LogP contribution is 2.42. The largest absolute Gasteiger partial charge is 0.539 e. The van der Waals surface area contributed by atoms with E-state index in [1.165, 1.54) is 5.57 Å². The molecule has 6 heteroatoms. The van der Waals surface area contributed by atoms with Crippen molar-refractivity contribution < 1.29 is 18.9 Å². The fourth-order valence-corrected chi connectivity index (χ4v) is 4.52. The van der Waals surface area contributed by atoms with E-state index < -0.39 is 0 Å². The summed E-state index contributed by atoms with van der Waals surface area (Å²) in [4.78, 5) is 23.4. The zero-order valence-corrected chi connectivity index (χ0v) is 15.7. The molecule has 25 heavy (non-hydrogen) atoms. The van der Waals surface area contributed by atoms with E-state index in [9.17, 15) is 9.59 Å². The van der Waals surface area contributed by atoms with Gasteiger partial charge in [-0.3, -0.25) is 14.9 Å². The zero-order valence-electron chi connectivity index (χ0n) is 15.7. The van der Waals surface area contributed by atoms with Gasteiger partial charge in [-0.25, -0.2) is 0 Å². The molecule has 0 aromatic carbocycles. The Balaban J connectivity index is 1.77. The van der Waals surface area contributed by atoms with Gasteiger partial charge in [-0.2, -0.15) is 0 Å². The van der Waals surface area contributed by atoms with Crippen molar-refractivity contribution in [3.8, 4) is 0 Å². The SMILES string of the molecule is CCCCB1OC2=C(CC(C)CC2C)C(CC2CC(=O)NC(=O)C2)O1. The number of rotatable bonds is 5. The number of hydrogen-bond acceptors (Lipinski definition) is 4. The first kappa shape index (κ1) is 18.5. The highest BCUT2D eigenvalue weighted by atomic mass is 16.6. The van der Waals surface area contributed by atoms with Gasteiger partial charge in [-0.05, 0) is 43.0 Å². The van der Waals surface area contributed by atoms with Gasteiger partial charge in [0.25, 0.3) is 0 Å². The lowest BCUT2D eigenvalue weighted by molar-refractivity contribution is -0.135. The molecule has 0 radical (unpaired) electrons. The predicted molar refractivity (Wildman–Crippen MR) is 96.5 cm³/mol. The Labute approximate surface area is 151 Å². The molecule has 3 rings (SSSR count). The van der Waals surface area contributed by atoms with Gasteiger partial charge in [0.1, 0.15) is 0 Å². The van der Waals surface area contributed by atoms with E-state index in [0.717, 1.165) is 44.2 Å². The van der Waals surface area contributed by atoms with Gasteiger partial charge < -0.3 is 9.31 Å². The Kier molecular flexibility index (Phi) is 5.87. The van der Waals surface area contributed by atoms with Crippen LogP contribution in [0.3, 0.4) is 0 Å². The van der Waals surface area contributed by atoms with Gasteiger partial charge in [0.15, 0.2) is 0 Å². The molecule has 1 aliphatic carbocycles. The second-order valence-electron chi connectivity index (χ2n) is 8.13. The zero-order chi connectivity index (χ0) is 18.0. The molecular formula is C19H30BNO4. The smallest absolute Gasteiger partial charge is 0.525 e. The van der Waals surface area contributed by atoms with Crippen molar-refractivity contribution in [3.63, 3.8) is 0 Å². The molecule has 5 nitrogen and oxygen atoms in total. The molecule has 1 fully saturated rings. The summed E-state index contributed by atoms with van der Waals surface area (Å²) in [5.41, 5.74) is 1.28. The molecule has 2 heterocycles. The molecule has 2 amide bonds. The first-order valence-electron chi connectivity index (χ1n) is 9.84. The molecule has 3 atom stereocenters. The molecule has 2 aliphatic heterocycles. The van der Waals surface area contributed by atoms with E-state index >= 15 is 0 Å². The highest BCUT2D eigenvalue weighted by Gasteiger charge is 2.41. The van der Waals surface area contributed by atoms with Gasteiger partial charge in [0, 0.05) is 18.8 Å². The lowest BCUT2D eigenvalue weighted by Gasteiger charge is -2.41. The van der Waals surface area contributed by atoms with Gasteiger partial charge >= 0.3 is 7.12 Å². The van der Waals surface area contributed by atoms with Crippen LogP contribution in [-0.2, 0) is 18.9 Å². The Morgan fingerprint density at radius 2 is 1.88 bits per heavy atom. The summed E-state index contributed by atoms with van der Waals surface area (Å²) in [6.07, 6.45) is 6.80. The minimum Gasteiger partial charge on any atom is -0.539 e. The summed E-state index contributed by atoms with van der Waals surface area (Å²) in [6, 6.07) is 0. The Hall–Kier alpha value is -1.30. The fraction of sp³-hybridized carbons (Fsp3) is 0.789. The van der Waals surface area contributed by atoms with Crippen LogP contribution < -0.4 is 5.32 Å². The maximum atomic E-state index is 11.7. The summed E-state index contributed by atoms with van der Waals surface area (Å²) >= 11 is 0. The molecule has 0 saturated carbocycles. The highest BCUT2D eigenvalue weighted by molar-refractivity contribution is 6.45. The number of imide groups is 1. The minimum absolute atomic E-state index is 0.0143. The molecule has 0 spiro atoms. The normalized spacial score (nSPS) is 30.8. The standard InChI is InChI=1S/C19H30BNO4/c1-4-5-6-20-24-16(9-14-10-17(22)21-18(23)11-14)15-8-12(2)7-13(3)19(15)25-20/h12-14,16H,4-11H2,1-3H3,(H,21,22,23). The van der Waals surface area contributed by atoms with Crippen molar-refractivity contribution in [1.29, 1.82) is 0 Å². The minimum atomic E-state index is -0.187. The number of allylic oxidation sites excluding steroid dienone is 1. The topological polar surface area (TPSA) is 64.6 Å². The number of carbonyl (C=O) groups excluding carboxylic acids is 2. The molecule has 0 aromatic heterocycles. The van der Waals surface area contributed by atoms with Gasteiger partial charge in [-0.15, -0.1) is 0 Å². The average Bonchev–Trinajstić information content (AvgIpc) is 2.53. The summed E-state index contributed by atoms with van der Waals surface area (Å²) in [7, 11) is -0.187. The van der Waals surface area contributed by atoms with Crippen molar-refractivity contribution in [2.45, 2.75) is 78.1 Å². The number of hydrogen-bond donors (Lipinski definition) is 1. The van der Waals surface area contributed by atoms with Crippen LogP contribution in [0.15, 0.2) is 11.3 Å². The van der Waals surface area contributed by atoms with Crippen LogP contribution in [0.1, 0.15) is 65.7 Å². The van der Waals surface area contributed by atoms with Crippen LogP contribution in [0.2, 0.25) is 6.32 Å². The second-order valence-corrected chi connectivity index (χ2v) is 8.13. The van der Waals surface area contributed by atoms with Gasteiger partial charge in [0.2, 0.25) is 11.8 Å². The third-order valence-electron chi connectivity index (χ3n) is 5.62. The van der Waals surface area contributed by atoms with Crippen LogP contribution >= 0.6 is 0 Å². The molecule has 3 aliphatic rings. The third kappa shape index (κ3) is 4.46. The van der Waals surface area contributed by atoms with Crippen molar-refractivity contribution in [2.75, 3.05) is 0 Å². The number of amides is 2. The summed E-state index contributed by atoms with van der Waals surface area (Å²) in [6.45, 7) is 6.68. The molecule has 138 valence electrons. The van der Waals surface area contributed by atoms with E-state index in [0.29, 0.717) is 24.7 Å². The van der Waals surface area contributed by atoms with Crippen LogP contribution in [0, 0.1) is 17.8 Å². The van der Waals surface area contributed by atoms with Crippen molar-refractivity contribution in [3.05, 3.63) is 11.3 Å². The van der Waals surface area contributed by atoms with Gasteiger partial charge in [-0.1, -0.05) is 33.6 Å². The molecule has 0 bridgehead atoms. The Bertz CT molecular complexity index is 546. The van der Waals surface area contributed by atoms with Crippen LogP contribution in [-0.4, -0.2) is 25.0 Å². The van der Waals surface area contributed by atoms with E-state index in [1.807, 2.05) is 0 Å².